The number of halogens is 1. The minimum absolute atomic E-state index is 0.0862. The van der Waals surface area contributed by atoms with Gasteiger partial charge in [-0.1, -0.05) is 41.9 Å². The summed E-state index contributed by atoms with van der Waals surface area (Å²) in [6.07, 6.45) is 0.883. The van der Waals surface area contributed by atoms with Crippen LogP contribution in [0.4, 0.5) is 5.69 Å². The van der Waals surface area contributed by atoms with Crippen molar-refractivity contribution in [3.63, 3.8) is 0 Å². The van der Waals surface area contributed by atoms with Gasteiger partial charge in [-0.3, -0.25) is 19.2 Å². The predicted octanol–water partition coefficient (Wildman–Crippen LogP) is 5.40. The van der Waals surface area contributed by atoms with Gasteiger partial charge < -0.3 is 10.1 Å². The molecule has 9 heteroatoms. The Bertz CT molecular complexity index is 1570. The Morgan fingerprint density at radius 3 is 2.38 bits per heavy atom. The molecule has 0 fully saturated rings. The second kappa shape index (κ2) is 12.3. The van der Waals surface area contributed by atoms with Crippen LogP contribution >= 0.6 is 11.6 Å². The number of carbonyl (C=O) groups excluding carboxylic acids is 3. The maximum atomic E-state index is 13.6. The van der Waals surface area contributed by atoms with Gasteiger partial charge in [0.05, 0.1) is 12.2 Å². The average molecular weight is 544 g/mol. The molecule has 4 aromatic rings. The van der Waals surface area contributed by atoms with Crippen molar-refractivity contribution in [3.8, 4) is 17.0 Å². The summed E-state index contributed by atoms with van der Waals surface area (Å²) in [6, 6.07) is 20.7. The number of rotatable bonds is 10. The van der Waals surface area contributed by atoms with Crippen LogP contribution in [0.1, 0.15) is 46.2 Å². The van der Waals surface area contributed by atoms with Crippen LogP contribution in [0.3, 0.4) is 0 Å². The van der Waals surface area contributed by atoms with Crippen LogP contribution < -0.4 is 15.6 Å². The van der Waals surface area contributed by atoms with Crippen LogP contribution in [-0.2, 0) is 11.2 Å². The normalized spacial score (nSPS) is 11.5. The maximum Gasteiger partial charge on any atom is 0.268 e. The monoisotopic (exact) mass is 543 g/mol. The Morgan fingerprint density at radius 2 is 1.74 bits per heavy atom. The molecule has 3 aromatic carbocycles. The minimum atomic E-state index is -1.04. The standard InChI is InChI=1S/C30H26ClN3O5/c1-3-39-30-26(25-16-22(31)11-14-24(25)19(2)36)17-28(37)34(33-30)27(15-20-7-5-4-6-8-20)29(38)32-23-12-9-21(18-35)10-13-23/h4-14,16-18,27H,3,15H2,1-2H3,(H,32,38). The molecule has 0 saturated carbocycles. The number of nitrogens with one attached hydrogen (secondary N) is 1. The summed E-state index contributed by atoms with van der Waals surface area (Å²) >= 11 is 6.22. The van der Waals surface area contributed by atoms with Crippen LogP contribution in [-0.4, -0.2) is 34.4 Å². The molecule has 1 unspecified atom stereocenters. The Balaban J connectivity index is 1.82. The highest BCUT2D eigenvalue weighted by Crippen LogP contribution is 2.33. The van der Waals surface area contributed by atoms with Crippen molar-refractivity contribution in [2.45, 2.75) is 26.3 Å². The van der Waals surface area contributed by atoms with Gasteiger partial charge >= 0.3 is 0 Å². The maximum absolute atomic E-state index is 13.6. The number of benzene rings is 3. The SMILES string of the molecule is CCOc1nn(C(Cc2ccccc2)C(=O)Nc2ccc(C=O)cc2)c(=O)cc1-c1cc(Cl)ccc1C(C)=O. The molecule has 39 heavy (non-hydrogen) atoms. The quantitative estimate of drug-likeness (QED) is 0.212. The van der Waals surface area contributed by atoms with Crippen molar-refractivity contribution in [3.05, 3.63) is 111 Å². The first-order valence-electron chi connectivity index (χ1n) is 12.3. The van der Waals surface area contributed by atoms with E-state index in [1.54, 1.807) is 49.4 Å². The zero-order valence-corrected chi connectivity index (χ0v) is 22.1. The fourth-order valence-corrected chi connectivity index (χ4v) is 4.33. The summed E-state index contributed by atoms with van der Waals surface area (Å²) in [4.78, 5) is 50.4. The smallest absolute Gasteiger partial charge is 0.268 e. The predicted molar refractivity (Wildman–Crippen MR) is 150 cm³/mol. The molecule has 0 aliphatic rings. The molecule has 198 valence electrons. The number of anilines is 1. The molecule has 0 aliphatic heterocycles. The molecule has 1 atom stereocenters. The van der Waals surface area contributed by atoms with Gasteiger partial charge in [0.15, 0.2) is 5.78 Å². The van der Waals surface area contributed by atoms with E-state index in [0.717, 1.165) is 10.2 Å². The van der Waals surface area contributed by atoms with E-state index >= 15 is 0 Å². The molecule has 8 nitrogen and oxygen atoms in total. The minimum Gasteiger partial charge on any atom is -0.477 e. The van der Waals surface area contributed by atoms with Gasteiger partial charge in [0.1, 0.15) is 12.3 Å². The first kappa shape index (κ1) is 27.5. The molecule has 1 aromatic heterocycles. The number of aldehydes is 1. The number of amides is 1. The van der Waals surface area contributed by atoms with E-state index in [0.29, 0.717) is 39.2 Å². The fraction of sp³-hybridized carbons (Fsp3) is 0.167. The zero-order valence-electron chi connectivity index (χ0n) is 21.4. The van der Waals surface area contributed by atoms with E-state index in [1.807, 2.05) is 30.3 Å². The van der Waals surface area contributed by atoms with Gasteiger partial charge in [0.25, 0.3) is 5.56 Å². The molecule has 4 rings (SSSR count). The number of ketones is 1. The Morgan fingerprint density at radius 1 is 1.03 bits per heavy atom. The first-order valence-corrected chi connectivity index (χ1v) is 12.7. The van der Waals surface area contributed by atoms with Crippen molar-refractivity contribution in [2.24, 2.45) is 0 Å². The van der Waals surface area contributed by atoms with Crippen LogP contribution in [0, 0.1) is 0 Å². The Labute approximate surface area is 230 Å². The molecule has 1 heterocycles. The van der Waals surface area contributed by atoms with Crippen molar-refractivity contribution in [1.82, 2.24) is 9.78 Å². The molecule has 0 aliphatic carbocycles. The van der Waals surface area contributed by atoms with Crippen molar-refractivity contribution in [1.29, 1.82) is 0 Å². The van der Waals surface area contributed by atoms with E-state index in [4.69, 9.17) is 16.3 Å². The van der Waals surface area contributed by atoms with Gasteiger partial charge in [-0.2, -0.15) is 0 Å². The van der Waals surface area contributed by atoms with Crippen molar-refractivity contribution < 1.29 is 19.1 Å². The summed E-state index contributed by atoms with van der Waals surface area (Å²) in [5.74, 6) is -0.604. The topological polar surface area (TPSA) is 107 Å². The van der Waals surface area contributed by atoms with Gasteiger partial charge in [-0.15, -0.1) is 5.10 Å². The number of carbonyl (C=O) groups is 3. The number of aromatic nitrogens is 2. The average Bonchev–Trinajstić information content (AvgIpc) is 2.93. The molecular formula is C30H26ClN3O5. The Kier molecular flexibility index (Phi) is 8.68. The van der Waals surface area contributed by atoms with E-state index in [-0.39, 0.29) is 24.7 Å². The zero-order chi connectivity index (χ0) is 27.9. The number of hydrogen-bond acceptors (Lipinski definition) is 6. The second-order valence-corrected chi connectivity index (χ2v) is 9.20. The summed E-state index contributed by atoms with van der Waals surface area (Å²) < 4.78 is 6.89. The van der Waals surface area contributed by atoms with Crippen LogP contribution in [0.25, 0.3) is 11.1 Å². The highest BCUT2D eigenvalue weighted by molar-refractivity contribution is 6.31. The van der Waals surface area contributed by atoms with E-state index in [9.17, 15) is 19.2 Å². The summed E-state index contributed by atoms with van der Waals surface area (Å²) in [5.41, 5.74) is 2.26. The first-order chi connectivity index (χ1) is 18.8. The highest BCUT2D eigenvalue weighted by atomic mass is 35.5. The lowest BCUT2D eigenvalue weighted by molar-refractivity contribution is -0.119. The van der Waals surface area contributed by atoms with E-state index in [2.05, 4.69) is 10.4 Å². The van der Waals surface area contributed by atoms with E-state index in [1.165, 1.54) is 13.0 Å². The van der Waals surface area contributed by atoms with Gasteiger partial charge in [0, 0.05) is 34.3 Å². The molecule has 0 saturated heterocycles. The number of hydrogen-bond donors (Lipinski definition) is 1. The summed E-state index contributed by atoms with van der Waals surface area (Å²) in [6.45, 7) is 3.42. The second-order valence-electron chi connectivity index (χ2n) is 8.76. The number of Topliss-reactive ketones (excluding diaryl/α,β-unsaturated/α-hetero) is 1. The third-order valence-electron chi connectivity index (χ3n) is 6.04. The lowest BCUT2D eigenvalue weighted by Crippen LogP contribution is -2.36. The lowest BCUT2D eigenvalue weighted by Gasteiger charge is -2.21. The fourth-order valence-electron chi connectivity index (χ4n) is 4.16. The Hall–Kier alpha value is -4.56. The molecule has 1 amide bonds. The van der Waals surface area contributed by atoms with Crippen LogP contribution in [0.2, 0.25) is 5.02 Å². The third kappa shape index (κ3) is 6.48. The molecule has 0 bridgehead atoms. The molecular weight excluding hydrogens is 518 g/mol. The van der Waals surface area contributed by atoms with Crippen LogP contribution in [0.15, 0.2) is 83.7 Å². The summed E-state index contributed by atoms with van der Waals surface area (Å²) in [7, 11) is 0. The largest absolute Gasteiger partial charge is 0.477 e. The molecule has 0 spiro atoms. The van der Waals surface area contributed by atoms with E-state index < -0.39 is 17.5 Å². The molecule has 0 radical (unpaired) electrons. The third-order valence-corrected chi connectivity index (χ3v) is 6.27. The number of nitrogens with zero attached hydrogens (tertiary/aromatic N) is 2. The highest BCUT2D eigenvalue weighted by Gasteiger charge is 2.26. The molecule has 1 N–H and O–H groups in total. The van der Waals surface area contributed by atoms with Crippen molar-refractivity contribution >= 4 is 35.3 Å². The van der Waals surface area contributed by atoms with Gasteiger partial charge in [-0.05, 0) is 67.4 Å². The lowest BCUT2D eigenvalue weighted by atomic mass is 9.98. The van der Waals surface area contributed by atoms with Gasteiger partial charge in [-0.25, -0.2) is 4.68 Å². The summed E-state index contributed by atoms with van der Waals surface area (Å²) in [5, 5.41) is 7.66. The van der Waals surface area contributed by atoms with Gasteiger partial charge in [0.2, 0.25) is 11.8 Å². The number of ether oxygens (including phenoxy) is 1. The van der Waals surface area contributed by atoms with Crippen LogP contribution in [0.5, 0.6) is 5.88 Å². The van der Waals surface area contributed by atoms with Crippen molar-refractivity contribution in [2.75, 3.05) is 11.9 Å².